The summed E-state index contributed by atoms with van der Waals surface area (Å²) in [6.07, 6.45) is 1.87. The lowest BCUT2D eigenvalue weighted by Crippen LogP contribution is -2.41. The Kier molecular flexibility index (Phi) is 6.01. The number of nitrogens with one attached hydrogen (secondary N) is 1. The smallest absolute Gasteiger partial charge is 0.321 e. The molecule has 0 bridgehead atoms. The summed E-state index contributed by atoms with van der Waals surface area (Å²) in [5.74, 6) is 0.174. The molecule has 1 fully saturated rings. The van der Waals surface area contributed by atoms with E-state index in [9.17, 15) is 9.18 Å². The molecule has 1 heterocycles. The van der Waals surface area contributed by atoms with E-state index in [2.05, 4.69) is 17.4 Å². The van der Waals surface area contributed by atoms with Crippen molar-refractivity contribution in [1.82, 2.24) is 4.90 Å². The fourth-order valence-corrected chi connectivity index (χ4v) is 2.96. The van der Waals surface area contributed by atoms with Crippen LogP contribution in [0.15, 0.2) is 54.6 Å². The van der Waals surface area contributed by atoms with E-state index in [0.29, 0.717) is 31.3 Å². The first-order valence-corrected chi connectivity index (χ1v) is 8.64. The van der Waals surface area contributed by atoms with Gasteiger partial charge in [0.2, 0.25) is 0 Å². The van der Waals surface area contributed by atoms with Crippen LogP contribution >= 0.6 is 0 Å². The fourth-order valence-electron chi connectivity index (χ4n) is 2.96. The van der Waals surface area contributed by atoms with E-state index in [0.717, 1.165) is 19.4 Å². The SMILES string of the molecule is O=C(Nc1ccc(F)cc1)N1CCC(COCc2ccccc2)CC1. The van der Waals surface area contributed by atoms with Crippen molar-refractivity contribution >= 4 is 11.7 Å². The molecule has 5 heteroatoms. The van der Waals surface area contributed by atoms with Gasteiger partial charge in [-0.25, -0.2) is 9.18 Å². The van der Waals surface area contributed by atoms with Crippen LogP contribution in [-0.4, -0.2) is 30.6 Å². The second-order valence-electron chi connectivity index (χ2n) is 6.37. The number of halogens is 1. The van der Waals surface area contributed by atoms with Crippen LogP contribution < -0.4 is 5.32 Å². The van der Waals surface area contributed by atoms with Gasteiger partial charge in [-0.3, -0.25) is 0 Å². The standard InChI is InChI=1S/C20H23FN2O2/c21-18-6-8-19(9-7-18)22-20(24)23-12-10-17(11-13-23)15-25-14-16-4-2-1-3-5-16/h1-9,17H,10-15H2,(H,22,24). The number of benzene rings is 2. The number of carbonyl (C=O) groups excluding carboxylic acids is 1. The average molecular weight is 342 g/mol. The van der Waals surface area contributed by atoms with Crippen LogP contribution in [0.5, 0.6) is 0 Å². The van der Waals surface area contributed by atoms with Crippen LogP contribution in [0.2, 0.25) is 0 Å². The van der Waals surface area contributed by atoms with E-state index in [1.807, 2.05) is 18.2 Å². The highest BCUT2D eigenvalue weighted by Gasteiger charge is 2.23. The molecule has 2 aromatic carbocycles. The number of urea groups is 1. The summed E-state index contributed by atoms with van der Waals surface area (Å²) < 4.78 is 18.7. The molecule has 0 radical (unpaired) electrons. The monoisotopic (exact) mass is 342 g/mol. The van der Waals surface area contributed by atoms with E-state index in [1.54, 1.807) is 17.0 Å². The van der Waals surface area contributed by atoms with Gasteiger partial charge in [0, 0.05) is 25.4 Å². The first kappa shape index (κ1) is 17.4. The van der Waals surface area contributed by atoms with Crippen LogP contribution in [0.4, 0.5) is 14.9 Å². The molecular weight excluding hydrogens is 319 g/mol. The van der Waals surface area contributed by atoms with Gasteiger partial charge in [0.15, 0.2) is 0 Å². The Labute approximate surface area is 147 Å². The van der Waals surface area contributed by atoms with E-state index >= 15 is 0 Å². The Morgan fingerprint density at radius 3 is 2.44 bits per heavy atom. The lowest BCUT2D eigenvalue weighted by molar-refractivity contribution is 0.0640. The van der Waals surface area contributed by atoms with Gasteiger partial charge in [0.05, 0.1) is 6.61 Å². The van der Waals surface area contributed by atoms with Crippen molar-refractivity contribution in [1.29, 1.82) is 0 Å². The summed E-state index contributed by atoms with van der Waals surface area (Å²) in [6.45, 7) is 2.78. The zero-order valence-electron chi connectivity index (χ0n) is 14.2. The summed E-state index contributed by atoms with van der Waals surface area (Å²) in [5.41, 5.74) is 1.79. The third-order valence-electron chi connectivity index (χ3n) is 4.46. The second-order valence-corrected chi connectivity index (χ2v) is 6.37. The zero-order valence-corrected chi connectivity index (χ0v) is 14.2. The number of rotatable bonds is 5. The maximum atomic E-state index is 12.9. The summed E-state index contributed by atoms with van der Waals surface area (Å²) in [5, 5.41) is 2.81. The van der Waals surface area contributed by atoms with Crippen molar-refractivity contribution < 1.29 is 13.9 Å². The Bertz CT molecular complexity index is 668. The topological polar surface area (TPSA) is 41.6 Å². The second kappa shape index (κ2) is 8.62. The van der Waals surface area contributed by atoms with Crippen LogP contribution in [0.1, 0.15) is 18.4 Å². The molecule has 3 rings (SSSR count). The molecule has 0 aliphatic carbocycles. The molecule has 2 amide bonds. The minimum absolute atomic E-state index is 0.129. The molecule has 0 spiro atoms. The van der Waals surface area contributed by atoms with E-state index in [1.165, 1.54) is 17.7 Å². The highest BCUT2D eigenvalue weighted by atomic mass is 19.1. The molecular formula is C20H23FN2O2. The van der Waals surface area contributed by atoms with Crippen LogP contribution in [-0.2, 0) is 11.3 Å². The van der Waals surface area contributed by atoms with E-state index in [4.69, 9.17) is 4.74 Å². The lowest BCUT2D eigenvalue weighted by Gasteiger charge is -2.31. The van der Waals surface area contributed by atoms with Gasteiger partial charge in [-0.15, -0.1) is 0 Å². The van der Waals surface area contributed by atoms with Gasteiger partial charge in [0.1, 0.15) is 5.82 Å². The van der Waals surface area contributed by atoms with E-state index in [-0.39, 0.29) is 11.8 Å². The predicted octanol–water partition coefficient (Wildman–Crippen LogP) is 4.29. The third kappa shape index (κ3) is 5.29. The van der Waals surface area contributed by atoms with Crippen molar-refractivity contribution in [2.24, 2.45) is 5.92 Å². The number of nitrogens with zero attached hydrogens (tertiary/aromatic N) is 1. The first-order chi connectivity index (χ1) is 12.2. The number of ether oxygens (including phenoxy) is 1. The van der Waals surface area contributed by atoms with Gasteiger partial charge in [-0.05, 0) is 48.6 Å². The lowest BCUT2D eigenvalue weighted by atomic mass is 9.98. The summed E-state index contributed by atoms with van der Waals surface area (Å²) in [6, 6.07) is 15.8. The number of piperidine rings is 1. The first-order valence-electron chi connectivity index (χ1n) is 8.64. The molecule has 4 nitrogen and oxygen atoms in total. The molecule has 1 N–H and O–H groups in total. The maximum Gasteiger partial charge on any atom is 0.321 e. The number of carbonyl (C=O) groups is 1. The third-order valence-corrected chi connectivity index (χ3v) is 4.46. The molecule has 0 unspecified atom stereocenters. The largest absolute Gasteiger partial charge is 0.376 e. The van der Waals surface area contributed by atoms with Gasteiger partial charge in [-0.2, -0.15) is 0 Å². The van der Waals surface area contributed by atoms with E-state index < -0.39 is 0 Å². The minimum Gasteiger partial charge on any atom is -0.376 e. The minimum atomic E-state index is -0.311. The van der Waals surface area contributed by atoms with Gasteiger partial charge >= 0.3 is 6.03 Å². The fraction of sp³-hybridized carbons (Fsp3) is 0.350. The highest BCUT2D eigenvalue weighted by molar-refractivity contribution is 5.89. The molecule has 0 atom stereocenters. The van der Waals surface area contributed by atoms with Crippen molar-refractivity contribution in [3.8, 4) is 0 Å². The Morgan fingerprint density at radius 1 is 1.08 bits per heavy atom. The summed E-state index contributed by atoms with van der Waals surface area (Å²) in [7, 11) is 0. The van der Waals surface area contributed by atoms with Crippen LogP contribution in [0, 0.1) is 11.7 Å². The molecule has 132 valence electrons. The van der Waals surface area contributed by atoms with Crippen molar-refractivity contribution in [3.63, 3.8) is 0 Å². The molecule has 0 aromatic heterocycles. The normalized spacial score (nSPS) is 15.2. The summed E-state index contributed by atoms with van der Waals surface area (Å²) in [4.78, 5) is 14.1. The van der Waals surface area contributed by atoms with Gasteiger partial charge in [0.25, 0.3) is 0 Å². The van der Waals surface area contributed by atoms with Crippen molar-refractivity contribution in [3.05, 3.63) is 66.0 Å². The Morgan fingerprint density at radius 2 is 1.76 bits per heavy atom. The quantitative estimate of drug-likeness (QED) is 0.881. The molecule has 2 aromatic rings. The average Bonchev–Trinajstić information content (AvgIpc) is 2.65. The van der Waals surface area contributed by atoms with Crippen molar-refractivity contribution in [2.75, 3.05) is 25.0 Å². The number of amides is 2. The Hall–Kier alpha value is -2.40. The maximum absolute atomic E-state index is 12.9. The molecule has 1 aliphatic heterocycles. The van der Waals surface area contributed by atoms with Crippen LogP contribution in [0.3, 0.4) is 0 Å². The number of hydrogen-bond donors (Lipinski definition) is 1. The highest BCUT2D eigenvalue weighted by Crippen LogP contribution is 2.19. The molecule has 0 saturated carbocycles. The van der Waals surface area contributed by atoms with Crippen LogP contribution in [0.25, 0.3) is 0 Å². The molecule has 1 saturated heterocycles. The number of likely N-dealkylation sites (tertiary alicyclic amines) is 1. The zero-order chi connectivity index (χ0) is 17.5. The van der Waals surface area contributed by atoms with Gasteiger partial charge < -0.3 is 15.0 Å². The van der Waals surface area contributed by atoms with Gasteiger partial charge in [-0.1, -0.05) is 30.3 Å². The predicted molar refractivity (Wildman–Crippen MR) is 95.8 cm³/mol. The number of anilines is 1. The molecule has 1 aliphatic rings. The van der Waals surface area contributed by atoms with Crippen molar-refractivity contribution in [2.45, 2.75) is 19.4 Å². The summed E-state index contributed by atoms with van der Waals surface area (Å²) >= 11 is 0. The number of hydrogen-bond acceptors (Lipinski definition) is 2. The Balaban J connectivity index is 1.37. The molecule has 25 heavy (non-hydrogen) atoms.